The maximum Gasteiger partial charge on any atom is 0.0207 e. The SMILES string of the molecule is CNCC(Cc1ccc(Br)cc1)Cc1ccccc1Br. The van der Waals surface area contributed by atoms with Crippen LogP contribution in [-0.4, -0.2) is 13.6 Å². The lowest BCUT2D eigenvalue weighted by Crippen LogP contribution is -2.23. The summed E-state index contributed by atoms with van der Waals surface area (Å²) in [4.78, 5) is 0. The van der Waals surface area contributed by atoms with Crippen LogP contribution in [0.25, 0.3) is 0 Å². The number of halogens is 2. The van der Waals surface area contributed by atoms with Crippen LogP contribution in [0.5, 0.6) is 0 Å². The van der Waals surface area contributed by atoms with E-state index in [9.17, 15) is 0 Å². The summed E-state index contributed by atoms with van der Waals surface area (Å²) in [6.07, 6.45) is 2.17. The molecule has 0 aromatic heterocycles. The highest BCUT2D eigenvalue weighted by molar-refractivity contribution is 9.10. The maximum atomic E-state index is 3.64. The smallest absolute Gasteiger partial charge is 0.0207 e. The molecule has 0 aliphatic rings. The molecule has 0 aliphatic heterocycles. The fourth-order valence-corrected chi connectivity index (χ4v) is 3.14. The molecule has 0 aliphatic carbocycles. The van der Waals surface area contributed by atoms with Gasteiger partial charge in [-0.05, 0) is 61.7 Å². The Hall–Kier alpha value is -0.640. The number of benzene rings is 2. The highest BCUT2D eigenvalue weighted by Gasteiger charge is 2.11. The van der Waals surface area contributed by atoms with Gasteiger partial charge in [0.25, 0.3) is 0 Å². The van der Waals surface area contributed by atoms with Gasteiger partial charge in [0, 0.05) is 8.95 Å². The first-order chi connectivity index (χ1) is 9.69. The lowest BCUT2D eigenvalue weighted by atomic mass is 9.92. The molecule has 0 heterocycles. The zero-order valence-electron chi connectivity index (χ0n) is 11.6. The Bertz CT molecular complexity index is 537. The first-order valence-electron chi connectivity index (χ1n) is 6.81. The van der Waals surface area contributed by atoms with Gasteiger partial charge in [-0.15, -0.1) is 0 Å². The fraction of sp³-hybridized carbons (Fsp3) is 0.294. The lowest BCUT2D eigenvalue weighted by Gasteiger charge is -2.17. The van der Waals surface area contributed by atoms with E-state index in [0.29, 0.717) is 5.92 Å². The minimum Gasteiger partial charge on any atom is -0.319 e. The third kappa shape index (κ3) is 4.72. The van der Waals surface area contributed by atoms with E-state index in [0.717, 1.165) is 23.9 Å². The second-order valence-electron chi connectivity index (χ2n) is 5.05. The van der Waals surface area contributed by atoms with E-state index in [4.69, 9.17) is 0 Å². The topological polar surface area (TPSA) is 12.0 Å². The van der Waals surface area contributed by atoms with Crippen LogP contribution in [0.4, 0.5) is 0 Å². The largest absolute Gasteiger partial charge is 0.319 e. The maximum absolute atomic E-state index is 3.64. The number of rotatable bonds is 6. The molecule has 0 spiro atoms. The molecular weight excluding hydrogens is 378 g/mol. The Morgan fingerprint density at radius 3 is 2.30 bits per heavy atom. The predicted octanol–water partition coefficient (Wildman–Crippen LogP) is 4.83. The molecule has 1 nitrogen and oxygen atoms in total. The third-order valence-electron chi connectivity index (χ3n) is 3.40. The summed E-state index contributed by atoms with van der Waals surface area (Å²) in [7, 11) is 2.02. The van der Waals surface area contributed by atoms with E-state index in [1.165, 1.54) is 15.6 Å². The van der Waals surface area contributed by atoms with Crippen molar-refractivity contribution < 1.29 is 0 Å². The Labute approximate surface area is 138 Å². The predicted molar refractivity (Wildman–Crippen MR) is 93.1 cm³/mol. The second kappa shape index (κ2) is 7.96. The molecule has 2 rings (SSSR count). The standard InChI is InChI=1S/C17H19Br2N/c1-20-12-14(10-13-6-8-16(18)9-7-13)11-15-4-2-3-5-17(15)19/h2-9,14,20H,10-12H2,1H3. The Kier molecular flexibility index (Phi) is 6.27. The van der Waals surface area contributed by atoms with Gasteiger partial charge < -0.3 is 5.32 Å². The summed E-state index contributed by atoms with van der Waals surface area (Å²) in [6.45, 7) is 1.03. The Morgan fingerprint density at radius 2 is 1.65 bits per heavy atom. The lowest BCUT2D eigenvalue weighted by molar-refractivity contribution is 0.492. The van der Waals surface area contributed by atoms with Crippen molar-refractivity contribution in [3.05, 3.63) is 68.6 Å². The second-order valence-corrected chi connectivity index (χ2v) is 6.82. The fourth-order valence-electron chi connectivity index (χ4n) is 2.43. The number of hydrogen-bond donors (Lipinski definition) is 1. The summed E-state index contributed by atoms with van der Waals surface area (Å²) >= 11 is 7.13. The van der Waals surface area contributed by atoms with Gasteiger partial charge in [-0.3, -0.25) is 0 Å². The summed E-state index contributed by atoms with van der Waals surface area (Å²) in [5, 5.41) is 3.31. The first-order valence-corrected chi connectivity index (χ1v) is 8.40. The molecule has 1 N–H and O–H groups in total. The number of nitrogens with one attached hydrogen (secondary N) is 1. The highest BCUT2D eigenvalue weighted by atomic mass is 79.9. The molecule has 2 aromatic rings. The van der Waals surface area contributed by atoms with E-state index in [1.54, 1.807) is 0 Å². The third-order valence-corrected chi connectivity index (χ3v) is 4.70. The van der Waals surface area contributed by atoms with E-state index >= 15 is 0 Å². The van der Waals surface area contributed by atoms with Gasteiger partial charge in [0.1, 0.15) is 0 Å². The van der Waals surface area contributed by atoms with Crippen molar-refractivity contribution in [3.8, 4) is 0 Å². The zero-order valence-corrected chi connectivity index (χ0v) is 14.7. The molecular formula is C17H19Br2N. The van der Waals surface area contributed by atoms with Crippen molar-refractivity contribution in [1.29, 1.82) is 0 Å². The van der Waals surface area contributed by atoms with Gasteiger partial charge in [0.05, 0.1) is 0 Å². The molecule has 0 saturated carbocycles. The first kappa shape index (κ1) is 15.7. The van der Waals surface area contributed by atoms with Crippen LogP contribution in [-0.2, 0) is 12.8 Å². The van der Waals surface area contributed by atoms with Gasteiger partial charge in [-0.2, -0.15) is 0 Å². The van der Waals surface area contributed by atoms with E-state index in [2.05, 4.69) is 85.7 Å². The normalized spacial score (nSPS) is 12.3. The summed E-state index contributed by atoms with van der Waals surface area (Å²) in [5.41, 5.74) is 2.77. The van der Waals surface area contributed by atoms with Gasteiger partial charge in [-0.1, -0.05) is 62.2 Å². The molecule has 0 fully saturated rings. The zero-order chi connectivity index (χ0) is 14.4. The quantitative estimate of drug-likeness (QED) is 0.737. The monoisotopic (exact) mass is 395 g/mol. The summed E-state index contributed by atoms with van der Waals surface area (Å²) in [5.74, 6) is 0.597. The van der Waals surface area contributed by atoms with Crippen LogP contribution in [0, 0.1) is 5.92 Å². The van der Waals surface area contributed by atoms with Crippen molar-refractivity contribution in [2.45, 2.75) is 12.8 Å². The molecule has 1 atom stereocenters. The van der Waals surface area contributed by atoms with Crippen LogP contribution < -0.4 is 5.32 Å². The van der Waals surface area contributed by atoms with Crippen molar-refractivity contribution in [2.24, 2.45) is 5.92 Å². The van der Waals surface area contributed by atoms with E-state index < -0.39 is 0 Å². The van der Waals surface area contributed by atoms with Crippen molar-refractivity contribution in [1.82, 2.24) is 5.32 Å². The molecule has 0 saturated heterocycles. The molecule has 106 valence electrons. The molecule has 3 heteroatoms. The number of hydrogen-bond acceptors (Lipinski definition) is 1. The van der Waals surface area contributed by atoms with Gasteiger partial charge >= 0.3 is 0 Å². The summed E-state index contributed by atoms with van der Waals surface area (Å²) in [6, 6.07) is 17.1. The minimum atomic E-state index is 0.597. The van der Waals surface area contributed by atoms with Crippen molar-refractivity contribution in [2.75, 3.05) is 13.6 Å². The van der Waals surface area contributed by atoms with Gasteiger partial charge in [0.2, 0.25) is 0 Å². The highest BCUT2D eigenvalue weighted by Crippen LogP contribution is 2.22. The molecule has 0 radical (unpaired) electrons. The summed E-state index contributed by atoms with van der Waals surface area (Å²) < 4.78 is 2.34. The molecule has 1 unspecified atom stereocenters. The Balaban J connectivity index is 2.07. The van der Waals surface area contributed by atoms with Gasteiger partial charge in [0.15, 0.2) is 0 Å². The van der Waals surface area contributed by atoms with Crippen LogP contribution in [0.3, 0.4) is 0 Å². The average molecular weight is 397 g/mol. The van der Waals surface area contributed by atoms with Crippen LogP contribution in [0.2, 0.25) is 0 Å². The van der Waals surface area contributed by atoms with Crippen LogP contribution >= 0.6 is 31.9 Å². The van der Waals surface area contributed by atoms with E-state index in [1.807, 2.05) is 7.05 Å². The molecule has 0 amide bonds. The molecule has 0 bridgehead atoms. The average Bonchev–Trinajstić information content (AvgIpc) is 2.44. The van der Waals surface area contributed by atoms with Crippen molar-refractivity contribution >= 4 is 31.9 Å². The Morgan fingerprint density at radius 1 is 0.950 bits per heavy atom. The van der Waals surface area contributed by atoms with E-state index in [-0.39, 0.29) is 0 Å². The van der Waals surface area contributed by atoms with Crippen LogP contribution in [0.1, 0.15) is 11.1 Å². The van der Waals surface area contributed by atoms with Crippen LogP contribution in [0.15, 0.2) is 57.5 Å². The van der Waals surface area contributed by atoms with Crippen molar-refractivity contribution in [3.63, 3.8) is 0 Å². The molecule has 20 heavy (non-hydrogen) atoms. The molecule has 2 aromatic carbocycles. The van der Waals surface area contributed by atoms with Gasteiger partial charge in [-0.25, -0.2) is 0 Å². The minimum absolute atomic E-state index is 0.597.